The number of carbonyl (C=O) groups is 1. The number of rotatable bonds is 4. The summed E-state index contributed by atoms with van der Waals surface area (Å²) in [4.78, 5) is 19.0. The summed E-state index contributed by atoms with van der Waals surface area (Å²) in [5.41, 5.74) is 2.56. The standard InChI is InChI=1S/C20H19N3O3/c24-19(18-14-21-20(26-18)15-6-2-1-3-7-15)22-16-8-4-5-9-17(16)23-10-12-25-13-11-23/h1-9,14H,10-13H2,(H,22,24). The summed E-state index contributed by atoms with van der Waals surface area (Å²) in [6.07, 6.45) is 1.45. The third-order valence-corrected chi connectivity index (χ3v) is 4.25. The van der Waals surface area contributed by atoms with E-state index in [1.165, 1.54) is 6.20 Å². The summed E-state index contributed by atoms with van der Waals surface area (Å²) in [5, 5.41) is 2.93. The van der Waals surface area contributed by atoms with Crippen molar-refractivity contribution in [2.24, 2.45) is 0 Å². The monoisotopic (exact) mass is 349 g/mol. The molecule has 1 aliphatic rings. The van der Waals surface area contributed by atoms with E-state index in [-0.39, 0.29) is 11.7 Å². The highest BCUT2D eigenvalue weighted by Crippen LogP contribution is 2.27. The first kappa shape index (κ1) is 16.4. The van der Waals surface area contributed by atoms with Crippen LogP contribution in [0.1, 0.15) is 10.6 Å². The molecule has 0 saturated carbocycles. The average Bonchev–Trinajstić information content (AvgIpc) is 3.20. The Kier molecular flexibility index (Phi) is 4.66. The minimum atomic E-state index is -0.319. The van der Waals surface area contributed by atoms with E-state index in [4.69, 9.17) is 9.15 Å². The van der Waals surface area contributed by atoms with Gasteiger partial charge in [0.15, 0.2) is 0 Å². The Morgan fingerprint density at radius 2 is 1.73 bits per heavy atom. The molecule has 132 valence electrons. The number of aromatic nitrogens is 1. The number of morpholine rings is 1. The normalized spacial score (nSPS) is 14.2. The second-order valence-electron chi connectivity index (χ2n) is 5.97. The lowest BCUT2D eigenvalue weighted by Crippen LogP contribution is -2.36. The van der Waals surface area contributed by atoms with Crippen LogP contribution in [0, 0.1) is 0 Å². The molecule has 26 heavy (non-hydrogen) atoms. The van der Waals surface area contributed by atoms with Crippen molar-refractivity contribution in [2.75, 3.05) is 36.5 Å². The highest BCUT2D eigenvalue weighted by Gasteiger charge is 2.18. The molecule has 2 heterocycles. The van der Waals surface area contributed by atoms with Gasteiger partial charge < -0.3 is 19.4 Å². The van der Waals surface area contributed by atoms with Gasteiger partial charge in [0.25, 0.3) is 5.91 Å². The van der Waals surface area contributed by atoms with E-state index in [2.05, 4.69) is 15.2 Å². The van der Waals surface area contributed by atoms with Gasteiger partial charge in [-0.2, -0.15) is 0 Å². The van der Waals surface area contributed by atoms with Crippen LogP contribution in [-0.2, 0) is 4.74 Å². The predicted octanol–water partition coefficient (Wildman–Crippen LogP) is 3.43. The largest absolute Gasteiger partial charge is 0.431 e. The van der Waals surface area contributed by atoms with Gasteiger partial charge >= 0.3 is 0 Å². The third kappa shape index (κ3) is 3.45. The lowest BCUT2D eigenvalue weighted by atomic mass is 10.2. The Labute approximate surface area is 151 Å². The van der Waals surface area contributed by atoms with Crippen LogP contribution in [-0.4, -0.2) is 37.2 Å². The molecule has 0 spiro atoms. The van der Waals surface area contributed by atoms with E-state index in [0.717, 1.165) is 30.0 Å². The van der Waals surface area contributed by atoms with Crippen LogP contribution in [0.3, 0.4) is 0 Å². The Morgan fingerprint density at radius 3 is 2.54 bits per heavy atom. The lowest BCUT2D eigenvalue weighted by molar-refractivity contribution is 0.0997. The Morgan fingerprint density at radius 1 is 1.00 bits per heavy atom. The molecule has 6 nitrogen and oxygen atoms in total. The Bertz CT molecular complexity index is 886. The number of ether oxygens (including phenoxy) is 1. The van der Waals surface area contributed by atoms with E-state index in [9.17, 15) is 4.79 Å². The number of hydrogen-bond donors (Lipinski definition) is 1. The molecule has 2 aromatic carbocycles. The molecule has 1 fully saturated rings. The summed E-state index contributed by atoms with van der Waals surface area (Å²) < 4.78 is 11.0. The average molecular weight is 349 g/mol. The van der Waals surface area contributed by atoms with Crippen molar-refractivity contribution in [1.29, 1.82) is 0 Å². The molecule has 0 unspecified atom stereocenters. The van der Waals surface area contributed by atoms with Crippen LogP contribution in [0.15, 0.2) is 65.2 Å². The molecule has 6 heteroatoms. The van der Waals surface area contributed by atoms with Crippen molar-refractivity contribution in [3.05, 3.63) is 66.6 Å². The maximum absolute atomic E-state index is 12.6. The molecule has 0 bridgehead atoms. The Balaban J connectivity index is 1.53. The van der Waals surface area contributed by atoms with Gasteiger partial charge in [0.2, 0.25) is 11.7 Å². The predicted molar refractivity (Wildman–Crippen MR) is 99.4 cm³/mol. The van der Waals surface area contributed by atoms with E-state index >= 15 is 0 Å². The van der Waals surface area contributed by atoms with Gasteiger partial charge in [0, 0.05) is 18.7 Å². The zero-order valence-electron chi connectivity index (χ0n) is 14.2. The van der Waals surface area contributed by atoms with E-state index in [1.54, 1.807) is 0 Å². The fourth-order valence-corrected chi connectivity index (χ4v) is 2.94. The first-order valence-electron chi connectivity index (χ1n) is 8.55. The molecule has 3 aromatic rings. The fourth-order valence-electron chi connectivity index (χ4n) is 2.94. The molecule has 0 aliphatic carbocycles. The van der Waals surface area contributed by atoms with Crippen molar-refractivity contribution in [3.63, 3.8) is 0 Å². The van der Waals surface area contributed by atoms with Crippen molar-refractivity contribution in [3.8, 4) is 11.5 Å². The number of oxazole rings is 1. The number of nitrogens with one attached hydrogen (secondary N) is 1. The van der Waals surface area contributed by atoms with Crippen LogP contribution < -0.4 is 10.2 Å². The number of benzene rings is 2. The highest BCUT2D eigenvalue weighted by molar-refractivity contribution is 6.04. The number of anilines is 2. The van der Waals surface area contributed by atoms with Crippen LogP contribution in [0.2, 0.25) is 0 Å². The highest BCUT2D eigenvalue weighted by atomic mass is 16.5. The second kappa shape index (κ2) is 7.41. The number of amides is 1. The third-order valence-electron chi connectivity index (χ3n) is 4.25. The van der Waals surface area contributed by atoms with Crippen molar-refractivity contribution in [2.45, 2.75) is 0 Å². The first-order valence-corrected chi connectivity index (χ1v) is 8.55. The van der Waals surface area contributed by atoms with Gasteiger partial charge in [-0.25, -0.2) is 4.98 Å². The molecule has 1 aliphatic heterocycles. The number of para-hydroxylation sites is 2. The molecule has 0 radical (unpaired) electrons. The zero-order chi connectivity index (χ0) is 17.8. The number of carbonyl (C=O) groups excluding carboxylic acids is 1. The molecule has 0 atom stereocenters. The van der Waals surface area contributed by atoms with Crippen molar-refractivity contribution < 1.29 is 13.9 Å². The van der Waals surface area contributed by atoms with E-state index in [1.807, 2.05) is 54.6 Å². The van der Waals surface area contributed by atoms with Crippen molar-refractivity contribution in [1.82, 2.24) is 4.98 Å². The fraction of sp³-hybridized carbons (Fsp3) is 0.200. The van der Waals surface area contributed by atoms with Crippen LogP contribution in [0.5, 0.6) is 0 Å². The molecular weight excluding hydrogens is 330 g/mol. The summed E-state index contributed by atoms with van der Waals surface area (Å²) in [5.74, 6) is 0.290. The smallest absolute Gasteiger partial charge is 0.293 e. The summed E-state index contributed by atoms with van der Waals surface area (Å²) >= 11 is 0. The van der Waals surface area contributed by atoms with Crippen LogP contribution in [0.25, 0.3) is 11.5 Å². The SMILES string of the molecule is O=C(Nc1ccccc1N1CCOCC1)c1cnc(-c2ccccc2)o1. The molecule has 4 rings (SSSR count). The second-order valence-corrected chi connectivity index (χ2v) is 5.97. The molecule has 1 aromatic heterocycles. The Hall–Kier alpha value is -3.12. The van der Waals surface area contributed by atoms with E-state index < -0.39 is 0 Å². The lowest BCUT2D eigenvalue weighted by Gasteiger charge is -2.30. The van der Waals surface area contributed by atoms with Crippen LogP contribution >= 0.6 is 0 Å². The number of hydrogen-bond acceptors (Lipinski definition) is 5. The topological polar surface area (TPSA) is 67.6 Å². The van der Waals surface area contributed by atoms with E-state index in [0.29, 0.717) is 19.1 Å². The van der Waals surface area contributed by atoms with Gasteiger partial charge in [-0.3, -0.25) is 4.79 Å². The summed E-state index contributed by atoms with van der Waals surface area (Å²) in [6, 6.07) is 17.2. The maximum atomic E-state index is 12.6. The molecule has 1 amide bonds. The molecular formula is C20H19N3O3. The zero-order valence-corrected chi connectivity index (χ0v) is 14.2. The number of nitrogens with zero attached hydrogens (tertiary/aromatic N) is 2. The molecule has 1 N–H and O–H groups in total. The van der Waals surface area contributed by atoms with Crippen LogP contribution in [0.4, 0.5) is 11.4 Å². The van der Waals surface area contributed by atoms with Gasteiger partial charge in [-0.15, -0.1) is 0 Å². The maximum Gasteiger partial charge on any atom is 0.293 e. The quantitative estimate of drug-likeness (QED) is 0.782. The molecule has 1 saturated heterocycles. The van der Waals surface area contributed by atoms with Crippen molar-refractivity contribution >= 4 is 17.3 Å². The minimum absolute atomic E-state index is 0.181. The van der Waals surface area contributed by atoms with Gasteiger partial charge in [0.1, 0.15) is 0 Å². The van der Waals surface area contributed by atoms with Gasteiger partial charge in [0.05, 0.1) is 30.8 Å². The first-order chi connectivity index (χ1) is 12.8. The van der Waals surface area contributed by atoms with Gasteiger partial charge in [-0.1, -0.05) is 30.3 Å². The summed E-state index contributed by atoms with van der Waals surface area (Å²) in [7, 11) is 0. The van der Waals surface area contributed by atoms with Gasteiger partial charge in [-0.05, 0) is 24.3 Å². The summed E-state index contributed by atoms with van der Waals surface area (Å²) in [6.45, 7) is 2.97. The minimum Gasteiger partial charge on any atom is -0.431 e.